The summed E-state index contributed by atoms with van der Waals surface area (Å²) in [4.78, 5) is 29.1. The van der Waals surface area contributed by atoms with Crippen molar-refractivity contribution in [3.05, 3.63) is 58.4 Å². The van der Waals surface area contributed by atoms with Crippen LogP contribution in [0.4, 0.5) is 5.95 Å². The summed E-state index contributed by atoms with van der Waals surface area (Å²) in [6, 6.07) is 11.5. The maximum absolute atomic E-state index is 12.7. The number of rotatable bonds is 3. The molecule has 0 unspecified atom stereocenters. The molecule has 0 bridgehead atoms. The average molecular weight is 327 g/mol. The van der Waals surface area contributed by atoms with E-state index >= 15 is 0 Å². The van der Waals surface area contributed by atoms with E-state index in [1.807, 2.05) is 18.4 Å². The third-order valence-corrected chi connectivity index (χ3v) is 4.22. The Bertz CT molecular complexity index is 965. The minimum absolute atomic E-state index is 0.0328. The van der Waals surface area contributed by atoms with Gasteiger partial charge in [-0.1, -0.05) is 0 Å². The first-order valence-electron chi connectivity index (χ1n) is 6.71. The number of benzene rings is 2. The lowest BCUT2D eigenvalue weighted by Gasteiger charge is -2.11. The van der Waals surface area contributed by atoms with E-state index in [1.165, 1.54) is 22.8 Å². The van der Waals surface area contributed by atoms with Gasteiger partial charge in [0.1, 0.15) is 0 Å². The number of fused-ring (bicyclic) bond motifs is 1. The predicted molar refractivity (Wildman–Crippen MR) is 90.5 cm³/mol. The second kappa shape index (κ2) is 5.77. The van der Waals surface area contributed by atoms with Gasteiger partial charge in [0.2, 0.25) is 5.95 Å². The summed E-state index contributed by atoms with van der Waals surface area (Å²) in [7, 11) is 0. The van der Waals surface area contributed by atoms with Gasteiger partial charge < -0.3 is 10.8 Å². The first-order valence-corrected chi connectivity index (χ1v) is 7.94. The molecule has 0 radical (unpaired) electrons. The fourth-order valence-corrected chi connectivity index (χ4v) is 2.72. The molecule has 1 aromatic heterocycles. The maximum atomic E-state index is 12.7. The largest absolute Gasteiger partial charge is 0.478 e. The molecule has 0 saturated carbocycles. The topological polar surface area (TPSA) is 98.2 Å². The molecular weight excluding hydrogens is 314 g/mol. The molecule has 0 aliphatic heterocycles. The Hall–Kier alpha value is -2.80. The van der Waals surface area contributed by atoms with Gasteiger partial charge in [-0.05, 0) is 48.7 Å². The van der Waals surface area contributed by atoms with Gasteiger partial charge in [0.15, 0.2) is 0 Å². The number of hydrogen-bond acceptors (Lipinski definition) is 5. The zero-order chi connectivity index (χ0) is 16.6. The van der Waals surface area contributed by atoms with Gasteiger partial charge in [0, 0.05) is 4.90 Å². The van der Waals surface area contributed by atoms with Crippen molar-refractivity contribution in [1.29, 1.82) is 0 Å². The molecule has 0 spiro atoms. The highest BCUT2D eigenvalue weighted by Crippen LogP contribution is 2.19. The molecule has 0 aliphatic carbocycles. The van der Waals surface area contributed by atoms with Crippen LogP contribution in [0, 0.1) is 0 Å². The molecule has 0 saturated heterocycles. The van der Waals surface area contributed by atoms with Crippen molar-refractivity contribution in [2.24, 2.45) is 0 Å². The zero-order valence-corrected chi connectivity index (χ0v) is 13.0. The summed E-state index contributed by atoms with van der Waals surface area (Å²) in [6.45, 7) is 0. The van der Waals surface area contributed by atoms with E-state index in [0.717, 1.165) is 4.90 Å². The highest BCUT2D eigenvalue weighted by molar-refractivity contribution is 7.98. The average Bonchev–Trinajstić information content (AvgIpc) is 2.55. The second-order valence-corrected chi connectivity index (χ2v) is 5.73. The number of thioether (sulfide) groups is 1. The van der Waals surface area contributed by atoms with Crippen molar-refractivity contribution < 1.29 is 9.90 Å². The number of carboxylic acid groups (broad SMARTS) is 1. The SMILES string of the molecule is CSc1ccc(-n2c(N)nc3ccc(C(=O)O)cc3c2=O)cc1. The molecule has 2 aromatic carbocycles. The normalized spacial score (nSPS) is 10.8. The van der Waals surface area contributed by atoms with Gasteiger partial charge in [-0.2, -0.15) is 0 Å². The molecule has 6 nitrogen and oxygen atoms in total. The Morgan fingerprint density at radius 2 is 1.91 bits per heavy atom. The smallest absolute Gasteiger partial charge is 0.335 e. The van der Waals surface area contributed by atoms with Crippen LogP contribution in [0.25, 0.3) is 16.6 Å². The van der Waals surface area contributed by atoms with Gasteiger partial charge in [0.25, 0.3) is 5.56 Å². The van der Waals surface area contributed by atoms with Crippen molar-refractivity contribution >= 4 is 34.6 Å². The summed E-state index contributed by atoms with van der Waals surface area (Å²) in [5.41, 5.74) is 6.51. The van der Waals surface area contributed by atoms with Crippen LogP contribution in [0.2, 0.25) is 0 Å². The Balaban J connectivity index is 2.27. The number of hydrogen-bond donors (Lipinski definition) is 2. The highest BCUT2D eigenvalue weighted by Gasteiger charge is 2.13. The molecule has 0 fully saturated rings. The molecule has 1 heterocycles. The van der Waals surface area contributed by atoms with E-state index in [9.17, 15) is 9.59 Å². The summed E-state index contributed by atoms with van der Waals surface area (Å²) in [5.74, 6) is -1.04. The molecule has 0 atom stereocenters. The molecule has 0 amide bonds. The molecule has 3 aromatic rings. The Morgan fingerprint density at radius 1 is 1.22 bits per heavy atom. The molecule has 23 heavy (non-hydrogen) atoms. The quantitative estimate of drug-likeness (QED) is 0.717. The monoisotopic (exact) mass is 327 g/mol. The number of nitrogens with two attached hydrogens (primary N) is 1. The van der Waals surface area contributed by atoms with Crippen LogP contribution in [0.5, 0.6) is 0 Å². The van der Waals surface area contributed by atoms with E-state index < -0.39 is 11.5 Å². The number of aromatic carboxylic acids is 1. The Labute approximate surface area is 135 Å². The summed E-state index contributed by atoms with van der Waals surface area (Å²) in [6.07, 6.45) is 1.96. The summed E-state index contributed by atoms with van der Waals surface area (Å²) >= 11 is 1.59. The molecular formula is C16H13N3O3S. The fraction of sp³-hybridized carbons (Fsp3) is 0.0625. The summed E-state index contributed by atoms with van der Waals surface area (Å²) in [5, 5.41) is 9.29. The van der Waals surface area contributed by atoms with Crippen molar-refractivity contribution in [2.45, 2.75) is 4.90 Å². The first kappa shape index (κ1) is 15.1. The van der Waals surface area contributed by atoms with Gasteiger partial charge in [-0.25, -0.2) is 14.3 Å². The van der Waals surface area contributed by atoms with Crippen molar-refractivity contribution in [1.82, 2.24) is 9.55 Å². The number of anilines is 1. The maximum Gasteiger partial charge on any atom is 0.335 e. The fourth-order valence-electron chi connectivity index (χ4n) is 2.32. The van der Waals surface area contributed by atoms with Crippen LogP contribution in [-0.2, 0) is 0 Å². The van der Waals surface area contributed by atoms with Crippen LogP contribution < -0.4 is 11.3 Å². The lowest BCUT2D eigenvalue weighted by atomic mass is 10.1. The van der Waals surface area contributed by atoms with Gasteiger partial charge in [-0.3, -0.25) is 4.79 Å². The molecule has 0 aliphatic rings. The lowest BCUT2D eigenvalue weighted by molar-refractivity contribution is 0.0697. The van der Waals surface area contributed by atoms with Crippen LogP contribution >= 0.6 is 11.8 Å². The number of nitrogens with zero attached hydrogens (tertiary/aromatic N) is 2. The van der Waals surface area contributed by atoms with Crippen molar-refractivity contribution in [2.75, 3.05) is 12.0 Å². The van der Waals surface area contributed by atoms with Crippen molar-refractivity contribution in [3.8, 4) is 5.69 Å². The van der Waals surface area contributed by atoms with E-state index in [1.54, 1.807) is 23.9 Å². The Kier molecular flexibility index (Phi) is 3.79. The highest BCUT2D eigenvalue weighted by atomic mass is 32.2. The second-order valence-electron chi connectivity index (χ2n) is 4.85. The zero-order valence-electron chi connectivity index (χ0n) is 12.2. The number of carbonyl (C=O) groups is 1. The lowest BCUT2D eigenvalue weighted by Crippen LogP contribution is -2.23. The number of aromatic nitrogens is 2. The molecule has 3 rings (SSSR count). The number of nitrogen functional groups attached to an aromatic ring is 1. The van der Waals surface area contributed by atoms with E-state index in [4.69, 9.17) is 10.8 Å². The van der Waals surface area contributed by atoms with Crippen LogP contribution in [0.15, 0.2) is 52.2 Å². The van der Waals surface area contributed by atoms with Crippen molar-refractivity contribution in [3.63, 3.8) is 0 Å². The van der Waals surface area contributed by atoms with E-state index in [0.29, 0.717) is 11.2 Å². The van der Waals surface area contributed by atoms with Crippen LogP contribution in [0.3, 0.4) is 0 Å². The molecule has 7 heteroatoms. The van der Waals surface area contributed by atoms with E-state index in [-0.39, 0.29) is 16.9 Å². The Morgan fingerprint density at radius 3 is 2.52 bits per heavy atom. The minimum atomic E-state index is -1.10. The van der Waals surface area contributed by atoms with Crippen LogP contribution in [0.1, 0.15) is 10.4 Å². The minimum Gasteiger partial charge on any atom is -0.478 e. The van der Waals surface area contributed by atoms with Gasteiger partial charge in [-0.15, -0.1) is 11.8 Å². The predicted octanol–water partition coefficient (Wildman–Crippen LogP) is 2.39. The standard InChI is InChI=1S/C16H13N3O3S/c1-23-11-5-3-10(4-6-11)19-14(20)12-8-9(15(21)22)2-7-13(12)18-16(19)17/h2-8H,1H3,(H2,17,18)(H,21,22). The van der Waals surface area contributed by atoms with E-state index in [2.05, 4.69) is 4.98 Å². The molecule has 116 valence electrons. The van der Waals surface area contributed by atoms with Crippen LogP contribution in [-0.4, -0.2) is 26.9 Å². The molecule has 3 N–H and O–H groups in total. The van der Waals surface area contributed by atoms with Gasteiger partial charge in [0.05, 0.1) is 22.2 Å². The number of carboxylic acids is 1. The third-order valence-electron chi connectivity index (χ3n) is 3.47. The third kappa shape index (κ3) is 2.66. The van der Waals surface area contributed by atoms with Gasteiger partial charge >= 0.3 is 5.97 Å². The summed E-state index contributed by atoms with van der Waals surface area (Å²) < 4.78 is 1.28. The first-order chi connectivity index (χ1) is 11.0.